The number of nitrogens with two attached hydrogens (primary N) is 1. The molecule has 0 aromatic carbocycles. The normalized spacial score (nSPS) is 9.18. The summed E-state index contributed by atoms with van der Waals surface area (Å²) in [7, 11) is 0. The second-order valence-electron chi connectivity index (χ2n) is 2.37. The van der Waals surface area contributed by atoms with Crippen molar-refractivity contribution in [1.29, 1.82) is 0 Å². The maximum absolute atomic E-state index is 10.8. The Morgan fingerprint density at radius 3 is 2.64 bits per heavy atom. The number of rotatable bonds is 4. The molecule has 0 aromatic rings. The van der Waals surface area contributed by atoms with Gasteiger partial charge in [0.05, 0.1) is 0 Å². The number of hydrogen-bond donors (Lipinski definition) is 2. The summed E-state index contributed by atoms with van der Waals surface area (Å²) in [5.74, 6) is -0.0778. The first kappa shape index (κ1) is 10.4. The number of nitrogens with one attached hydrogen (secondary N) is 1. The summed E-state index contributed by atoms with van der Waals surface area (Å²) < 4.78 is 0. The topological polar surface area (TPSA) is 55.1 Å². The van der Waals surface area contributed by atoms with Crippen LogP contribution in [0, 0.1) is 0 Å². The van der Waals surface area contributed by atoms with Gasteiger partial charge in [-0.15, -0.1) is 0 Å². The molecule has 0 aliphatic rings. The Balaban J connectivity index is 3.30. The number of carbonyl (C=O) groups excluding carboxylic acids is 1. The lowest BCUT2D eigenvalue weighted by molar-refractivity contribution is -0.119. The van der Waals surface area contributed by atoms with Crippen molar-refractivity contribution in [3.8, 4) is 0 Å². The van der Waals surface area contributed by atoms with E-state index in [0.29, 0.717) is 6.42 Å². The minimum Gasteiger partial charge on any atom is -0.376 e. The highest BCUT2D eigenvalue weighted by molar-refractivity contribution is 7.80. The van der Waals surface area contributed by atoms with E-state index in [-0.39, 0.29) is 11.0 Å². The van der Waals surface area contributed by atoms with E-state index in [1.54, 1.807) is 0 Å². The minimum absolute atomic E-state index is 0.0616. The molecule has 0 aliphatic heterocycles. The molecule has 0 atom stereocenters. The molecule has 0 bridgehead atoms. The average Bonchev–Trinajstić information content (AvgIpc) is 1.86. The summed E-state index contributed by atoms with van der Waals surface area (Å²) in [5.41, 5.74) is 5.10. The van der Waals surface area contributed by atoms with Crippen molar-refractivity contribution in [2.45, 2.75) is 32.6 Å². The van der Waals surface area contributed by atoms with Crippen LogP contribution in [0.1, 0.15) is 32.6 Å². The first-order valence-electron chi connectivity index (χ1n) is 3.76. The van der Waals surface area contributed by atoms with E-state index in [1.165, 1.54) is 0 Å². The summed E-state index contributed by atoms with van der Waals surface area (Å²) in [6, 6.07) is 0. The molecule has 3 nitrogen and oxygen atoms in total. The smallest absolute Gasteiger partial charge is 0.226 e. The maximum atomic E-state index is 10.8. The van der Waals surface area contributed by atoms with Crippen LogP contribution in [-0.4, -0.2) is 11.0 Å². The van der Waals surface area contributed by atoms with Gasteiger partial charge in [-0.05, 0) is 18.6 Å². The second-order valence-corrected chi connectivity index (χ2v) is 2.81. The molecule has 3 N–H and O–H groups in total. The third kappa shape index (κ3) is 7.25. The fourth-order valence-corrected chi connectivity index (χ4v) is 0.849. The largest absolute Gasteiger partial charge is 0.376 e. The summed E-state index contributed by atoms with van der Waals surface area (Å²) in [4.78, 5) is 10.8. The zero-order valence-electron chi connectivity index (χ0n) is 6.72. The quantitative estimate of drug-likeness (QED) is 0.492. The molecule has 4 heteroatoms. The Bertz CT molecular complexity index is 147. The summed E-state index contributed by atoms with van der Waals surface area (Å²) in [6.45, 7) is 2.09. The monoisotopic (exact) mass is 174 g/mol. The molecule has 0 radical (unpaired) electrons. The van der Waals surface area contributed by atoms with Crippen molar-refractivity contribution in [3.63, 3.8) is 0 Å². The molecule has 11 heavy (non-hydrogen) atoms. The summed E-state index contributed by atoms with van der Waals surface area (Å²) >= 11 is 4.50. The number of unbranched alkanes of at least 4 members (excludes halogenated alkanes) is 2. The van der Waals surface area contributed by atoms with E-state index >= 15 is 0 Å². The van der Waals surface area contributed by atoms with Gasteiger partial charge in [0.15, 0.2) is 5.11 Å². The van der Waals surface area contributed by atoms with E-state index in [4.69, 9.17) is 5.73 Å². The number of hydrogen-bond acceptors (Lipinski definition) is 2. The first-order valence-corrected chi connectivity index (χ1v) is 4.17. The Labute approximate surface area is 72.3 Å². The van der Waals surface area contributed by atoms with Crippen LogP contribution in [0.15, 0.2) is 0 Å². The van der Waals surface area contributed by atoms with Gasteiger partial charge in [0.1, 0.15) is 0 Å². The lowest BCUT2D eigenvalue weighted by Gasteiger charge is -2.00. The molecule has 0 spiro atoms. The Morgan fingerprint density at radius 1 is 1.55 bits per heavy atom. The number of amides is 1. The fourth-order valence-electron chi connectivity index (χ4n) is 0.735. The molecular weight excluding hydrogens is 160 g/mol. The van der Waals surface area contributed by atoms with Gasteiger partial charge in [0.2, 0.25) is 5.91 Å². The van der Waals surface area contributed by atoms with Crippen molar-refractivity contribution in [1.82, 2.24) is 5.32 Å². The standard InChI is InChI=1S/C7H14N2OS/c1-2-3-4-5-6(10)9-7(8)11/h2-5H2,1H3,(H3,8,9,10,11). The van der Waals surface area contributed by atoms with E-state index < -0.39 is 0 Å². The lowest BCUT2D eigenvalue weighted by atomic mass is 10.2. The third-order valence-electron chi connectivity index (χ3n) is 1.27. The molecule has 0 rings (SSSR count). The van der Waals surface area contributed by atoms with Crippen LogP contribution in [-0.2, 0) is 4.79 Å². The van der Waals surface area contributed by atoms with Gasteiger partial charge < -0.3 is 11.1 Å². The molecule has 0 heterocycles. The van der Waals surface area contributed by atoms with Crippen molar-refractivity contribution < 1.29 is 4.79 Å². The maximum Gasteiger partial charge on any atom is 0.226 e. The number of carbonyl (C=O) groups is 1. The van der Waals surface area contributed by atoms with Crippen LogP contribution in [0.3, 0.4) is 0 Å². The highest BCUT2D eigenvalue weighted by Gasteiger charge is 1.99. The average molecular weight is 174 g/mol. The van der Waals surface area contributed by atoms with Gasteiger partial charge in [-0.1, -0.05) is 19.8 Å². The van der Waals surface area contributed by atoms with Gasteiger partial charge in [-0.25, -0.2) is 0 Å². The number of thiocarbonyl (C=S) groups is 1. The van der Waals surface area contributed by atoms with Crippen LogP contribution >= 0.6 is 12.2 Å². The molecule has 0 aliphatic carbocycles. The molecule has 1 amide bonds. The molecule has 0 unspecified atom stereocenters. The van der Waals surface area contributed by atoms with Gasteiger partial charge in [-0.2, -0.15) is 0 Å². The van der Waals surface area contributed by atoms with E-state index in [2.05, 4.69) is 24.5 Å². The van der Waals surface area contributed by atoms with Crippen molar-refractivity contribution >= 4 is 23.2 Å². The van der Waals surface area contributed by atoms with Gasteiger partial charge in [-0.3, -0.25) is 4.79 Å². The van der Waals surface area contributed by atoms with Crippen molar-refractivity contribution in [3.05, 3.63) is 0 Å². The molecular formula is C7H14N2OS. The first-order chi connectivity index (χ1) is 5.16. The summed E-state index contributed by atoms with van der Waals surface area (Å²) in [6.07, 6.45) is 3.61. The molecule has 0 fully saturated rings. The fraction of sp³-hybridized carbons (Fsp3) is 0.714. The summed E-state index contributed by atoms with van der Waals surface area (Å²) in [5, 5.41) is 2.43. The van der Waals surface area contributed by atoms with Gasteiger partial charge in [0, 0.05) is 6.42 Å². The zero-order chi connectivity index (χ0) is 8.69. The van der Waals surface area contributed by atoms with Crippen molar-refractivity contribution in [2.24, 2.45) is 5.73 Å². The van der Waals surface area contributed by atoms with E-state index in [1.807, 2.05) is 0 Å². The SMILES string of the molecule is CCCCCC(=O)NC(N)=S. The Morgan fingerprint density at radius 2 is 2.18 bits per heavy atom. The Hall–Kier alpha value is -0.640. The highest BCUT2D eigenvalue weighted by Crippen LogP contribution is 1.97. The van der Waals surface area contributed by atoms with Crippen LogP contribution in [0.4, 0.5) is 0 Å². The molecule has 0 saturated carbocycles. The van der Waals surface area contributed by atoms with Crippen LogP contribution in [0.5, 0.6) is 0 Å². The van der Waals surface area contributed by atoms with Gasteiger partial charge >= 0.3 is 0 Å². The van der Waals surface area contributed by atoms with Crippen LogP contribution in [0.25, 0.3) is 0 Å². The zero-order valence-corrected chi connectivity index (χ0v) is 7.54. The predicted molar refractivity (Wildman–Crippen MR) is 49.1 cm³/mol. The molecule has 64 valence electrons. The van der Waals surface area contributed by atoms with Gasteiger partial charge in [0.25, 0.3) is 0 Å². The molecule has 0 aromatic heterocycles. The van der Waals surface area contributed by atoms with Crippen molar-refractivity contribution in [2.75, 3.05) is 0 Å². The van der Waals surface area contributed by atoms with E-state index in [0.717, 1.165) is 19.3 Å². The lowest BCUT2D eigenvalue weighted by Crippen LogP contribution is -2.34. The third-order valence-corrected chi connectivity index (χ3v) is 1.37. The van der Waals surface area contributed by atoms with Crippen LogP contribution in [0.2, 0.25) is 0 Å². The Kier molecular flexibility index (Phi) is 5.74. The van der Waals surface area contributed by atoms with Crippen LogP contribution < -0.4 is 11.1 Å². The van der Waals surface area contributed by atoms with E-state index in [9.17, 15) is 4.79 Å². The highest BCUT2D eigenvalue weighted by atomic mass is 32.1. The minimum atomic E-state index is -0.0778. The molecule has 0 saturated heterocycles. The second kappa shape index (κ2) is 6.09. The predicted octanol–water partition coefficient (Wildman–Crippen LogP) is 0.927.